The molecule has 0 amide bonds. The molecule has 0 fully saturated rings. The van der Waals surface area contributed by atoms with Gasteiger partial charge in [-0.3, -0.25) is 0 Å². The van der Waals surface area contributed by atoms with Crippen LogP contribution in [0.2, 0.25) is 0 Å². The summed E-state index contributed by atoms with van der Waals surface area (Å²) in [6.45, 7) is 5.29. The Morgan fingerprint density at radius 1 is 0.721 bits per heavy atom. The Hall–Kier alpha value is -3.93. The highest BCUT2D eigenvalue weighted by atomic mass is 79.9. The number of thiazole rings is 1. The van der Waals surface area contributed by atoms with Gasteiger partial charge in [-0.2, -0.15) is 0 Å². The normalized spacial score (nSPS) is 13.1. The van der Waals surface area contributed by atoms with Crippen LogP contribution in [0.1, 0.15) is 37.8 Å². The number of aromatic nitrogens is 1. The molecule has 0 saturated carbocycles. The van der Waals surface area contributed by atoms with Gasteiger partial charge in [-0.25, -0.2) is 4.98 Å². The number of hydrogen-bond acceptors (Lipinski definition) is 4. The van der Waals surface area contributed by atoms with Crippen molar-refractivity contribution in [2.75, 3.05) is 16.8 Å². The van der Waals surface area contributed by atoms with Crippen molar-refractivity contribution in [3.63, 3.8) is 0 Å². The van der Waals surface area contributed by atoms with Crippen LogP contribution in [0.5, 0.6) is 5.75 Å². The van der Waals surface area contributed by atoms with Gasteiger partial charge in [0.05, 0.1) is 16.8 Å². The second kappa shape index (κ2) is 11.6. The van der Waals surface area contributed by atoms with Crippen LogP contribution in [0, 0.1) is 0 Å². The molecule has 0 atom stereocenters. The van der Waals surface area contributed by atoms with Crippen molar-refractivity contribution >= 4 is 54.5 Å². The molecule has 0 aliphatic heterocycles. The van der Waals surface area contributed by atoms with Crippen molar-refractivity contribution in [3.05, 3.63) is 126 Å². The first kappa shape index (κ1) is 27.9. The maximum absolute atomic E-state index is 5.99. The summed E-state index contributed by atoms with van der Waals surface area (Å²) in [6, 6.07) is 41.4. The number of fused-ring (bicyclic) bond motifs is 4. The predicted octanol–water partition coefficient (Wildman–Crippen LogP) is 11.3. The summed E-state index contributed by atoms with van der Waals surface area (Å²) < 4.78 is 7.22. The molecule has 0 unspecified atom stereocenters. The fraction of sp³-hybridized carbons (Fsp3) is 0.184. The van der Waals surface area contributed by atoms with E-state index in [9.17, 15) is 0 Å². The Morgan fingerprint density at radius 2 is 1.42 bits per heavy atom. The molecule has 5 heteroatoms. The number of para-hydroxylation sites is 2. The van der Waals surface area contributed by atoms with Crippen molar-refractivity contribution in [3.8, 4) is 27.4 Å². The topological polar surface area (TPSA) is 25.4 Å². The molecule has 5 aromatic carbocycles. The minimum absolute atomic E-state index is 0.0729. The molecule has 0 N–H and O–H groups in total. The molecule has 214 valence electrons. The van der Waals surface area contributed by atoms with Crippen LogP contribution >= 0.6 is 27.3 Å². The Kier molecular flexibility index (Phi) is 7.54. The lowest BCUT2D eigenvalue weighted by atomic mass is 9.73. The zero-order valence-electron chi connectivity index (χ0n) is 24.4. The highest BCUT2D eigenvalue weighted by molar-refractivity contribution is 9.09. The lowest BCUT2D eigenvalue weighted by Crippen LogP contribution is -2.23. The highest BCUT2D eigenvalue weighted by Gasteiger charge is 2.41. The van der Waals surface area contributed by atoms with E-state index in [0.29, 0.717) is 6.61 Å². The third kappa shape index (κ3) is 4.85. The second-order valence-corrected chi connectivity index (χ2v) is 12.8. The van der Waals surface area contributed by atoms with Crippen molar-refractivity contribution in [2.45, 2.75) is 32.1 Å². The first-order valence-corrected chi connectivity index (χ1v) is 16.9. The number of alkyl halides is 1. The van der Waals surface area contributed by atoms with E-state index in [4.69, 9.17) is 9.72 Å². The molecule has 7 rings (SSSR count). The van der Waals surface area contributed by atoms with Crippen LogP contribution in [0.15, 0.2) is 115 Å². The van der Waals surface area contributed by atoms with Crippen LogP contribution in [0.4, 0.5) is 17.1 Å². The number of ether oxygens (including phenoxy) is 1. The molecule has 3 nitrogen and oxygen atoms in total. The number of anilines is 3. The first-order chi connectivity index (χ1) is 21.1. The van der Waals surface area contributed by atoms with Crippen molar-refractivity contribution in [1.29, 1.82) is 0 Å². The van der Waals surface area contributed by atoms with E-state index in [-0.39, 0.29) is 5.41 Å². The second-order valence-electron chi connectivity index (χ2n) is 11.0. The molecule has 0 bridgehead atoms. The fourth-order valence-corrected chi connectivity index (χ4v) is 7.78. The molecule has 43 heavy (non-hydrogen) atoms. The zero-order chi connectivity index (χ0) is 29.4. The van der Waals surface area contributed by atoms with Crippen LogP contribution in [-0.4, -0.2) is 16.9 Å². The number of nitrogens with zero attached hydrogens (tertiary/aromatic N) is 2. The van der Waals surface area contributed by atoms with Gasteiger partial charge in [0, 0.05) is 39.4 Å². The van der Waals surface area contributed by atoms with Gasteiger partial charge >= 0.3 is 0 Å². The van der Waals surface area contributed by atoms with E-state index >= 15 is 0 Å². The molecule has 0 saturated heterocycles. The lowest BCUT2D eigenvalue weighted by Gasteiger charge is -2.32. The van der Waals surface area contributed by atoms with Crippen molar-refractivity contribution in [1.82, 2.24) is 4.98 Å². The Labute approximate surface area is 265 Å². The maximum atomic E-state index is 5.99. The average molecular weight is 646 g/mol. The van der Waals surface area contributed by atoms with E-state index in [2.05, 4.69) is 144 Å². The van der Waals surface area contributed by atoms with Gasteiger partial charge < -0.3 is 9.64 Å². The number of hydrogen-bond donors (Lipinski definition) is 0. The van der Waals surface area contributed by atoms with Crippen LogP contribution in [-0.2, 0) is 5.41 Å². The Bertz CT molecular complexity index is 1880. The number of halogens is 1. The molecule has 1 aliphatic carbocycles. The summed E-state index contributed by atoms with van der Waals surface area (Å²) in [4.78, 5) is 7.33. The van der Waals surface area contributed by atoms with Gasteiger partial charge in [0.1, 0.15) is 10.8 Å². The van der Waals surface area contributed by atoms with Crippen LogP contribution < -0.4 is 9.64 Å². The first-order valence-electron chi connectivity index (χ1n) is 14.9. The van der Waals surface area contributed by atoms with Crippen LogP contribution in [0.25, 0.3) is 31.9 Å². The fourth-order valence-electron chi connectivity index (χ4n) is 6.66. The van der Waals surface area contributed by atoms with E-state index in [0.717, 1.165) is 51.5 Å². The quantitative estimate of drug-likeness (QED) is 0.146. The van der Waals surface area contributed by atoms with E-state index < -0.39 is 0 Å². The SMILES string of the molecule is CCC1(CC)c2cc(-c3nc4ccccc4s3)ccc2-c2ccc(N(c3ccccc3)c3cccc(OCCBr)c3)cc21. The zero-order valence-corrected chi connectivity index (χ0v) is 26.8. The minimum Gasteiger partial charge on any atom is -0.493 e. The summed E-state index contributed by atoms with van der Waals surface area (Å²) in [6.07, 6.45) is 2.05. The smallest absolute Gasteiger partial charge is 0.124 e. The van der Waals surface area contributed by atoms with Gasteiger partial charge in [-0.05, 0) is 89.7 Å². The summed E-state index contributed by atoms with van der Waals surface area (Å²) in [5, 5.41) is 1.88. The highest BCUT2D eigenvalue weighted by Crippen LogP contribution is 2.55. The van der Waals surface area contributed by atoms with Gasteiger partial charge in [-0.15, -0.1) is 11.3 Å². The van der Waals surface area contributed by atoms with Gasteiger partial charge in [0.2, 0.25) is 0 Å². The van der Waals surface area contributed by atoms with E-state index in [1.54, 1.807) is 11.3 Å². The monoisotopic (exact) mass is 644 g/mol. The largest absolute Gasteiger partial charge is 0.493 e. The standard InChI is InChI=1S/C38H33BrN2OS/c1-3-38(4-2)33-23-26(37-40-35-15-8-9-16-36(35)43-37)17-19-31(33)32-20-18-29(25-34(32)38)41(27-11-6-5-7-12-27)28-13-10-14-30(24-28)42-22-21-39/h5-20,23-25H,3-4,21-22H2,1-2H3. The maximum Gasteiger partial charge on any atom is 0.124 e. The summed E-state index contributed by atoms with van der Waals surface area (Å²) in [5.41, 5.74) is 11.0. The summed E-state index contributed by atoms with van der Waals surface area (Å²) in [7, 11) is 0. The Morgan fingerprint density at radius 3 is 2.19 bits per heavy atom. The average Bonchev–Trinajstić information content (AvgIpc) is 3.61. The number of rotatable bonds is 9. The molecule has 0 radical (unpaired) electrons. The Balaban J connectivity index is 1.35. The number of benzene rings is 5. The third-order valence-corrected chi connectivity index (χ3v) is 10.2. The van der Waals surface area contributed by atoms with Crippen molar-refractivity contribution in [2.24, 2.45) is 0 Å². The molecule has 0 spiro atoms. The van der Waals surface area contributed by atoms with Gasteiger partial charge in [0.15, 0.2) is 0 Å². The summed E-state index contributed by atoms with van der Waals surface area (Å²) in [5.74, 6) is 0.866. The van der Waals surface area contributed by atoms with Gasteiger partial charge in [-0.1, -0.05) is 84.4 Å². The summed E-state index contributed by atoms with van der Waals surface area (Å²) >= 11 is 5.25. The molecular weight excluding hydrogens is 612 g/mol. The van der Waals surface area contributed by atoms with E-state index in [1.807, 2.05) is 6.07 Å². The molecule has 1 aliphatic rings. The molecule has 1 heterocycles. The molecule has 1 aromatic heterocycles. The lowest BCUT2D eigenvalue weighted by molar-refractivity contribution is 0.345. The van der Waals surface area contributed by atoms with Gasteiger partial charge in [0.25, 0.3) is 0 Å². The van der Waals surface area contributed by atoms with Crippen LogP contribution in [0.3, 0.4) is 0 Å². The third-order valence-electron chi connectivity index (χ3n) is 8.79. The molecule has 6 aromatic rings. The minimum atomic E-state index is -0.0729. The molecular formula is C38H33BrN2OS. The predicted molar refractivity (Wildman–Crippen MR) is 186 cm³/mol. The van der Waals surface area contributed by atoms with Crippen molar-refractivity contribution < 1.29 is 4.74 Å². The van der Waals surface area contributed by atoms with E-state index in [1.165, 1.54) is 32.5 Å².